The lowest BCUT2D eigenvalue weighted by atomic mass is 10.00. The number of aromatic nitrogens is 2. The van der Waals surface area contributed by atoms with Crippen molar-refractivity contribution >= 4 is 17.3 Å². The number of benzene rings is 1. The van der Waals surface area contributed by atoms with E-state index in [9.17, 15) is 10.1 Å². The van der Waals surface area contributed by atoms with Gasteiger partial charge in [0.25, 0.3) is 0 Å². The molecule has 2 heterocycles. The highest BCUT2D eigenvalue weighted by atomic mass is 16.6. The summed E-state index contributed by atoms with van der Waals surface area (Å²) in [5, 5.41) is 11.1. The highest BCUT2D eigenvalue weighted by Gasteiger charge is 2.27. The molecule has 1 aromatic heterocycles. The Hall–Kier alpha value is -2.70. The fourth-order valence-electron chi connectivity index (χ4n) is 2.47. The van der Waals surface area contributed by atoms with Crippen LogP contribution in [0.2, 0.25) is 0 Å². The zero-order valence-corrected chi connectivity index (χ0v) is 10.7. The molecule has 1 aromatic carbocycles. The van der Waals surface area contributed by atoms with Crippen molar-refractivity contribution in [1.29, 1.82) is 0 Å². The number of rotatable bonds is 2. The van der Waals surface area contributed by atoms with E-state index in [1.807, 2.05) is 23.1 Å². The zero-order chi connectivity index (χ0) is 14.1. The summed E-state index contributed by atoms with van der Waals surface area (Å²) in [5.74, 6) is 0.191. The predicted molar refractivity (Wildman–Crippen MR) is 74.3 cm³/mol. The average Bonchev–Trinajstić information content (AvgIpc) is 2.46. The predicted octanol–water partition coefficient (Wildman–Crippen LogP) is 1.53. The molecule has 0 amide bonds. The van der Waals surface area contributed by atoms with Crippen LogP contribution >= 0.6 is 0 Å². The van der Waals surface area contributed by atoms with E-state index in [-0.39, 0.29) is 17.3 Å². The van der Waals surface area contributed by atoms with Gasteiger partial charge < -0.3 is 10.6 Å². The summed E-state index contributed by atoms with van der Waals surface area (Å²) in [5.41, 5.74) is 7.82. The maximum atomic E-state index is 11.1. The first-order valence-electron chi connectivity index (χ1n) is 6.23. The van der Waals surface area contributed by atoms with E-state index in [1.54, 1.807) is 0 Å². The maximum absolute atomic E-state index is 11.1. The molecule has 0 saturated carbocycles. The van der Waals surface area contributed by atoms with Crippen molar-refractivity contribution in [3.05, 3.63) is 51.8 Å². The minimum atomic E-state index is -0.523. The molecule has 0 radical (unpaired) electrons. The molecule has 0 unspecified atom stereocenters. The van der Waals surface area contributed by atoms with Gasteiger partial charge in [0.15, 0.2) is 0 Å². The van der Waals surface area contributed by atoms with Crippen LogP contribution in [-0.2, 0) is 13.0 Å². The number of anilines is 2. The molecule has 0 bridgehead atoms. The molecule has 2 N–H and O–H groups in total. The molecule has 102 valence electrons. The van der Waals surface area contributed by atoms with Gasteiger partial charge in [-0.2, -0.15) is 0 Å². The van der Waals surface area contributed by atoms with E-state index in [0.29, 0.717) is 13.1 Å². The van der Waals surface area contributed by atoms with Crippen molar-refractivity contribution in [2.45, 2.75) is 13.0 Å². The Morgan fingerprint density at radius 2 is 2.00 bits per heavy atom. The summed E-state index contributed by atoms with van der Waals surface area (Å²) >= 11 is 0. The van der Waals surface area contributed by atoms with Gasteiger partial charge in [-0.05, 0) is 17.5 Å². The first-order chi connectivity index (χ1) is 9.66. The summed E-state index contributed by atoms with van der Waals surface area (Å²) in [4.78, 5) is 20.2. The first-order valence-corrected chi connectivity index (χ1v) is 6.23. The van der Waals surface area contributed by atoms with Crippen LogP contribution in [0.4, 0.5) is 17.3 Å². The Balaban J connectivity index is 2.00. The first kappa shape index (κ1) is 12.3. The van der Waals surface area contributed by atoms with Gasteiger partial charge in [0.2, 0.25) is 11.6 Å². The van der Waals surface area contributed by atoms with E-state index in [2.05, 4.69) is 16.0 Å². The second-order valence-corrected chi connectivity index (χ2v) is 4.63. The third kappa shape index (κ3) is 2.03. The molecule has 0 atom stereocenters. The van der Waals surface area contributed by atoms with Crippen LogP contribution in [0.1, 0.15) is 11.1 Å². The molecule has 7 nitrogen and oxygen atoms in total. The number of nitrogen functional groups attached to an aromatic ring is 1. The maximum Gasteiger partial charge on any atom is 0.353 e. The van der Waals surface area contributed by atoms with Crippen molar-refractivity contribution in [1.82, 2.24) is 9.97 Å². The lowest BCUT2D eigenvalue weighted by Gasteiger charge is -2.29. The SMILES string of the molecule is Nc1ncnc(N2CCc3ccccc3C2)c1[N+](=O)[O-]. The van der Waals surface area contributed by atoms with E-state index in [0.717, 1.165) is 12.0 Å². The molecule has 0 saturated heterocycles. The third-order valence-corrected chi connectivity index (χ3v) is 3.44. The minimum absolute atomic E-state index is 0.0983. The minimum Gasteiger partial charge on any atom is -0.378 e. The molecule has 0 spiro atoms. The largest absolute Gasteiger partial charge is 0.378 e. The zero-order valence-electron chi connectivity index (χ0n) is 10.7. The summed E-state index contributed by atoms with van der Waals surface area (Å²) in [6.07, 6.45) is 2.09. The summed E-state index contributed by atoms with van der Waals surface area (Å²) in [7, 11) is 0. The molecule has 20 heavy (non-hydrogen) atoms. The van der Waals surface area contributed by atoms with Gasteiger partial charge in [-0.25, -0.2) is 9.97 Å². The number of fused-ring (bicyclic) bond motifs is 1. The van der Waals surface area contributed by atoms with Crippen molar-refractivity contribution in [2.24, 2.45) is 0 Å². The second-order valence-electron chi connectivity index (χ2n) is 4.63. The fourth-order valence-corrected chi connectivity index (χ4v) is 2.47. The molecular formula is C13H13N5O2. The van der Waals surface area contributed by atoms with Crippen LogP contribution in [0.3, 0.4) is 0 Å². The highest BCUT2D eigenvalue weighted by molar-refractivity contribution is 5.68. The topological polar surface area (TPSA) is 98.2 Å². The molecule has 1 aliphatic heterocycles. The standard InChI is InChI=1S/C13H13N5O2/c14-12-11(18(19)20)13(16-8-15-12)17-6-5-9-3-1-2-4-10(9)7-17/h1-4,8H,5-7H2,(H2,14,15,16). The van der Waals surface area contributed by atoms with Crippen LogP contribution in [0, 0.1) is 10.1 Å². The molecule has 3 rings (SSSR count). The van der Waals surface area contributed by atoms with Crippen LogP contribution in [0.5, 0.6) is 0 Å². The Morgan fingerprint density at radius 3 is 2.75 bits per heavy atom. The Kier molecular flexibility index (Phi) is 2.94. The van der Waals surface area contributed by atoms with E-state index < -0.39 is 4.92 Å². The van der Waals surface area contributed by atoms with Crippen molar-refractivity contribution < 1.29 is 4.92 Å². The van der Waals surface area contributed by atoms with Gasteiger partial charge in [-0.3, -0.25) is 10.1 Å². The van der Waals surface area contributed by atoms with Crippen molar-refractivity contribution in [3.63, 3.8) is 0 Å². The van der Waals surface area contributed by atoms with Crippen LogP contribution < -0.4 is 10.6 Å². The summed E-state index contributed by atoms with van der Waals surface area (Å²) in [6, 6.07) is 8.07. The number of hydrogen-bond acceptors (Lipinski definition) is 6. The van der Waals surface area contributed by atoms with Crippen LogP contribution in [0.15, 0.2) is 30.6 Å². The number of hydrogen-bond donors (Lipinski definition) is 1. The van der Waals surface area contributed by atoms with Gasteiger partial charge in [0.1, 0.15) is 6.33 Å². The van der Waals surface area contributed by atoms with Gasteiger partial charge >= 0.3 is 5.69 Å². The van der Waals surface area contributed by atoms with Gasteiger partial charge in [0.05, 0.1) is 4.92 Å². The smallest absolute Gasteiger partial charge is 0.353 e. The molecule has 0 fully saturated rings. The van der Waals surface area contributed by atoms with Gasteiger partial charge in [-0.1, -0.05) is 24.3 Å². The van der Waals surface area contributed by atoms with Crippen molar-refractivity contribution in [2.75, 3.05) is 17.2 Å². The fraction of sp³-hybridized carbons (Fsp3) is 0.231. The molecule has 2 aromatic rings. The molecule has 7 heteroatoms. The van der Waals surface area contributed by atoms with Gasteiger partial charge in [0, 0.05) is 13.1 Å². The van der Waals surface area contributed by atoms with Crippen LogP contribution in [0.25, 0.3) is 0 Å². The second kappa shape index (κ2) is 4.76. The summed E-state index contributed by atoms with van der Waals surface area (Å²) < 4.78 is 0. The monoisotopic (exact) mass is 271 g/mol. The lowest BCUT2D eigenvalue weighted by Crippen LogP contribution is -2.31. The molecule has 1 aliphatic rings. The Morgan fingerprint density at radius 1 is 1.25 bits per heavy atom. The van der Waals surface area contributed by atoms with Crippen molar-refractivity contribution in [3.8, 4) is 0 Å². The Bertz CT molecular complexity index is 674. The average molecular weight is 271 g/mol. The summed E-state index contributed by atoms with van der Waals surface area (Å²) in [6.45, 7) is 1.27. The molecular weight excluding hydrogens is 258 g/mol. The number of nitrogens with two attached hydrogens (primary N) is 1. The number of nitrogens with zero attached hydrogens (tertiary/aromatic N) is 4. The quantitative estimate of drug-likeness (QED) is 0.657. The number of nitro groups is 1. The third-order valence-electron chi connectivity index (χ3n) is 3.44. The van der Waals surface area contributed by atoms with E-state index in [1.165, 1.54) is 11.9 Å². The molecule has 0 aliphatic carbocycles. The highest BCUT2D eigenvalue weighted by Crippen LogP contribution is 2.32. The van der Waals surface area contributed by atoms with Gasteiger partial charge in [-0.15, -0.1) is 0 Å². The normalized spacial score (nSPS) is 13.9. The Labute approximate surface area is 115 Å². The van der Waals surface area contributed by atoms with E-state index >= 15 is 0 Å². The van der Waals surface area contributed by atoms with E-state index in [4.69, 9.17) is 5.73 Å². The van der Waals surface area contributed by atoms with Crippen LogP contribution in [-0.4, -0.2) is 21.4 Å². The lowest BCUT2D eigenvalue weighted by molar-refractivity contribution is -0.383.